The molecule has 0 fully saturated rings. The van der Waals surface area contributed by atoms with Crippen LogP contribution in [-0.4, -0.2) is 30.7 Å². The average Bonchev–Trinajstić information content (AvgIpc) is 2.89. The smallest absolute Gasteiger partial charge is 0.246 e. The molecule has 2 rings (SSSR count). The molecule has 0 atom stereocenters. The monoisotopic (exact) mass is 273 g/mol. The van der Waals surface area contributed by atoms with E-state index in [1.807, 2.05) is 32.0 Å². The van der Waals surface area contributed by atoms with Gasteiger partial charge in [-0.3, -0.25) is 4.79 Å². The van der Waals surface area contributed by atoms with Crippen molar-refractivity contribution < 1.29 is 14.3 Å². The van der Waals surface area contributed by atoms with Crippen LogP contribution in [0.3, 0.4) is 0 Å². The van der Waals surface area contributed by atoms with Gasteiger partial charge >= 0.3 is 0 Å². The predicted molar refractivity (Wildman–Crippen MR) is 78.7 cm³/mol. The lowest BCUT2D eigenvalue weighted by Crippen LogP contribution is -2.30. The van der Waals surface area contributed by atoms with E-state index in [4.69, 9.17) is 9.47 Å². The van der Waals surface area contributed by atoms with Crippen LogP contribution in [0.5, 0.6) is 11.5 Å². The van der Waals surface area contributed by atoms with Crippen LogP contribution < -0.4 is 9.47 Å². The molecule has 0 spiro atoms. The predicted octanol–water partition coefficient (Wildman–Crippen LogP) is 2.85. The van der Waals surface area contributed by atoms with Gasteiger partial charge in [-0.2, -0.15) is 0 Å². The number of nitrogens with zero attached hydrogens (tertiary/aromatic N) is 1. The van der Waals surface area contributed by atoms with Crippen molar-refractivity contribution in [3.05, 3.63) is 42.0 Å². The van der Waals surface area contributed by atoms with Gasteiger partial charge in [0.1, 0.15) is 0 Å². The minimum absolute atomic E-state index is 0.0202. The van der Waals surface area contributed by atoms with E-state index in [0.717, 1.165) is 16.9 Å². The molecule has 0 radical (unpaired) electrons. The molecule has 0 bridgehead atoms. The molecule has 1 heterocycles. The molecule has 1 aliphatic heterocycles. The highest BCUT2D eigenvalue weighted by Crippen LogP contribution is 2.32. The highest BCUT2D eigenvalue weighted by Gasteiger charge is 2.12. The van der Waals surface area contributed by atoms with Crippen LogP contribution in [0.4, 0.5) is 0 Å². The summed E-state index contributed by atoms with van der Waals surface area (Å²) in [4.78, 5) is 13.8. The molecule has 1 aliphatic rings. The number of amides is 1. The molecule has 1 amide bonds. The van der Waals surface area contributed by atoms with Crippen LogP contribution in [0.15, 0.2) is 36.4 Å². The first kappa shape index (κ1) is 14.2. The first-order chi connectivity index (χ1) is 9.60. The number of likely N-dealkylation sites (N-methyl/N-ethyl adjacent to an activating group) is 1. The van der Waals surface area contributed by atoms with E-state index in [0.29, 0.717) is 18.8 Å². The number of hydrogen-bond acceptors (Lipinski definition) is 3. The minimum atomic E-state index is -0.0202. The van der Waals surface area contributed by atoms with Gasteiger partial charge < -0.3 is 14.4 Å². The van der Waals surface area contributed by atoms with Crippen molar-refractivity contribution in [2.24, 2.45) is 0 Å². The van der Waals surface area contributed by atoms with Crippen molar-refractivity contribution in [2.45, 2.75) is 13.8 Å². The zero-order valence-electron chi connectivity index (χ0n) is 11.9. The largest absolute Gasteiger partial charge is 0.454 e. The normalized spacial score (nSPS) is 12.7. The number of fused-ring (bicyclic) bond motifs is 1. The summed E-state index contributed by atoms with van der Waals surface area (Å²) in [6.45, 7) is 9.20. The van der Waals surface area contributed by atoms with Crippen LogP contribution in [0.1, 0.15) is 19.4 Å². The second kappa shape index (κ2) is 6.28. The minimum Gasteiger partial charge on any atom is -0.454 e. The van der Waals surface area contributed by atoms with Crippen molar-refractivity contribution >= 4 is 12.0 Å². The molecule has 4 nitrogen and oxygen atoms in total. The Morgan fingerprint density at radius 1 is 1.40 bits per heavy atom. The number of rotatable bonds is 5. The molecule has 0 unspecified atom stereocenters. The Balaban J connectivity index is 2.04. The van der Waals surface area contributed by atoms with E-state index < -0.39 is 0 Å². The van der Waals surface area contributed by atoms with Crippen molar-refractivity contribution in [3.8, 4) is 11.5 Å². The van der Waals surface area contributed by atoms with Gasteiger partial charge in [-0.05, 0) is 37.6 Å². The van der Waals surface area contributed by atoms with Gasteiger partial charge in [0.2, 0.25) is 12.7 Å². The molecule has 0 N–H and O–H groups in total. The first-order valence-corrected chi connectivity index (χ1v) is 6.61. The van der Waals surface area contributed by atoms with Gasteiger partial charge in [-0.15, -0.1) is 0 Å². The van der Waals surface area contributed by atoms with Gasteiger partial charge in [-0.1, -0.05) is 18.2 Å². The van der Waals surface area contributed by atoms with Gasteiger partial charge in [0, 0.05) is 19.2 Å². The molecule has 0 saturated heterocycles. The lowest BCUT2D eigenvalue weighted by atomic mass is 10.2. The maximum atomic E-state index is 12.1. The Hall–Kier alpha value is -2.23. The van der Waals surface area contributed by atoms with Crippen LogP contribution in [0.25, 0.3) is 6.08 Å². The third-order valence-electron chi connectivity index (χ3n) is 2.97. The van der Waals surface area contributed by atoms with Crippen molar-refractivity contribution in [3.63, 3.8) is 0 Å². The maximum absolute atomic E-state index is 12.1. The fraction of sp³-hybridized carbons (Fsp3) is 0.312. The molecule has 0 saturated carbocycles. The molecular weight excluding hydrogens is 254 g/mol. The van der Waals surface area contributed by atoms with E-state index in [-0.39, 0.29) is 12.7 Å². The third-order valence-corrected chi connectivity index (χ3v) is 2.97. The summed E-state index contributed by atoms with van der Waals surface area (Å²) in [6, 6.07) is 5.60. The number of ether oxygens (including phenoxy) is 2. The Kier molecular flexibility index (Phi) is 4.45. The van der Waals surface area contributed by atoms with Crippen LogP contribution >= 0.6 is 0 Å². The third kappa shape index (κ3) is 3.41. The van der Waals surface area contributed by atoms with E-state index in [1.54, 1.807) is 17.1 Å². The number of hydrogen-bond donors (Lipinski definition) is 0. The molecule has 106 valence electrons. The zero-order chi connectivity index (χ0) is 14.5. The van der Waals surface area contributed by atoms with Gasteiger partial charge in [0.05, 0.1) is 0 Å². The summed E-state index contributed by atoms with van der Waals surface area (Å²) in [6.07, 6.45) is 3.36. The quantitative estimate of drug-likeness (QED) is 0.611. The summed E-state index contributed by atoms with van der Waals surface area (Å²) in [7, 11) is 0. The van der Waals surface area contributed by atoms with Crippen LogP contribution in [0, 0.1) is 0 Å². The van der Waals surface area contributed by atoms with E-state index in [1.165, 1.54) is 0 Å². The fourth-order valence-corrected chi connectivity index (χ4v) is 1.96. The fourth-order valence-electron chi connectivity index (χ4n) is 1.96. The molecular formula is C16H19NO3. The topological polar surface area (TPSA) is 38.8 Å². The van der Waals surface area contributed by atoms with E-state index >= 15 is 0 Å². The first-order valence-electron chi connectivity index (χ1n) is 6.61. The summed E-state index contributed by atoms with van der Waals surface area (Å²) in [5.74, 6) is 1.44. The molecule has 1 aromatic carbocycles. The molecule has 0 aromatic heterocycles. The van der Waals surface area contributed by atoms with Crippen molar-refractivity contribution in [1.82, 2.24) is 4.90 Å². The summed E-state index contributed by atoms with van der Waals surface area (Å²) >= 11 is 0. The Labute approximate surface area is 119 Å². The van der Waals surface area contributed by atoms with E-state index in [2.05, 4.69) is 6.58 Å². The SMILES string of the molecule is C=C(C)CN(CC)C(=O)/C=C/c1ccc2c(c1)OCO2. The Morgan fingerprint density at radius 2 is 2.15 bits per heavy atom. The van der Waals surface area contributed by atoms with Gasteiger partial charge in [0.15, 0.2) is 11.5 Å². The van der Waals surface area contributed by atoms with E-state index in [9.17, 15) is 4.79 Å². The molecule has 1 aromatic rings. The van der Waals surface area contributed by atoms with Gasteiger partial charge in [0.25, 0.3) is 0 Å². The van der Waals surface area contributed by atoms with Crippen LogP contribution in [0.2, 0.25) is 0 Å². The molecule has 4 heteroatoms. The highest BCUT2D eigenvalue weighted by molar-refractivity contribution is 5.92. The Bertz CT molecular complexity index is 549. The Morgan fingerprint density at radius 3 is 2.85 bits per heavy atom. The number of carbonyl (C=O) groups excluding carboxylic acids is 1. The zero-order valence-corrected chi connectivity index (χ0v) is 11.9. The highest BCUT2D eigenvalue weighted by atomic mass is 16.7. The summed E-state index contributed by atoms with van der Waals surface area (Å²) in [5, 5.41) is 0. The summed E-state index contributed by atoms with van der Waals surface area (Å²) < 4.78 is 10.6. The van der Waals surface area contributed by atoms with Crippen molar-refractivity contribution in [2.75, 3.05) is 19.9 Å². The molecule has 0 aliphatic carbocycles. The number of benzene rings is 1. The van der Waals surface area contributed by atoms with Crippen molar-refractivity contribution in [1.29, 1.82) is 0 Å². The molecule has 20 heavy (non-hydrogen) atoms. The average molecular weight is 273 g/mol. The standard InChI is InChI=1S/C16H19NO3/c1-4-17(10-12(2)3)16(18)8-6-13-5-7-14-15(9-13)20-11-19-14/h5-9H,2,4,10-11H2,1,3H3/b8-6+. The number of carbonyl (C=O) groups is 1. The summed E-state index contributed by atoms with van der Waals surface area (Å²) in [5.41, 5.74) is 1.88. The second-order valence-electron chi connectivity index (χ2n) is 4.76. The maximum Gasteiger partial charge on any atom is 0.246 e. The van der Waals surface area contributed by atoms with Crippen LogP contribution in [-0.2, 0) is 4.79 Å². The second-order valence-corrected chi connectivity index (χ2v) is 4.76. The van der Waals surface area contributed by atoms with Gasteiger partial charge in [-0.25, -0.2) is 0 Å². The lowest BCUT2D eigenvalue weighted by molar-refractivity contribution is -0.125. The lowest BCUT2D eigenvalue weighted by Gasteiger charge is -2.18.